The number of ether oxygens (including phenoxy) is 1. The summed E-state index contributed by atoms with van der Waals surface area (Å²) >= 11 is 5.61. The van der Waals surface area contributed by atoms with Crippen molar-refractivity contribution in [3.63, 3.8) is 0 Å². The zero-order valence-corrected chi connectivity index (χ0v) is 17.6. The number of nitrogens with zero attached hydrogens (tertiary/aromatic N) is 3. The average molecular weight is 475 g/mol. The van der Waals surface area contributed by atoms with Gasteiger partial charge in [0.15, 0.2) is 34.6 Å². The first-order chi connectivity index (χ1) is 14.7. The quantitative estimate of drug-likeness (QED) is 0.536. The number of carbonyl (C=O) groups is 1. The summed E-state index contributed by atoms with van der Waals surface area (Å²) in [5.74, 6) is -4.11. The van der Waals surface area contributed by atoms with Crippen molar-refractivity contribution in [1.29, 1.82) is 0 Å². The van der Waals surface area contributed by atoms with Crippen LogP contribution >= 0.6 is 11.6 Å². The van der Waals surface area contributed by atoms with Crippen molar-refractivity contribution in [2.45, 2.75) is 25.6 Å². The van der Waals surface area contributed by atoms with Crippen molar-refractivity contribution in [2.24, 2.45) is 12.8 Å². The fourth-order valence-corrected chi connectivity index (χ4v) is 3.33. The Kier molecular flexibility index (Phi) is 5.90. The van der Waals surface area contributed by atoms with Gasteiger partial charge in [0.05, 0.1) is 5.56 Å². The van der Waals surface area contributed by atoms with E-state index in [1.165, 1.54) is 25.5 Å². The van der Waals surface area contributed by atoms with E-state index in [0.717, 1.165) is 24.3 Å². The fourth-order valence-electron chi connectivity index (χ4n) is 3.14. The molecule has 1 amide bonds. The highest BCUT2D eigenvalue weighted by Crippen LogP contribution is 2.38. The lowest BCUT2D eigenvalue weighted by molar-refractivity contribution is -0.137. The summed E-state index contributed by atoms with van der Waals surface area (Å²) in [6, 6.07) is 4.50. The SMILES string of the molecule is Cn1c(-c2ccc(C(N)=O)cc2C(F)(F)F)nnc1C(C)(C)Oc1c(F)cc(Cl)cc1F. The second-order valence-electron chi connectivity index (χ2n) is 7.34. The van der Waals surface area contributed by atoms with Crippen LogP contribution in [-0.4, -0.2) is 20.7 Å². The molecule has 1 heterocycles. The molecule has 2 aromatic carbocycles. The minimum Gasteiger partial charge on any atom is -0.474 e. The van der Waals surface area contributed by atoms with E-state index in [0.29, 0.717) is 6.07 Å². The number of aromatic nitrogens is 3. The van der Waals surface area contributed by atoms with Gasteiger partial charge in [0.1, 0.15) is 0 Å². The van der Waals surface area contributed by atoms with Crippen LogP contribution < -0.4 is 10.5 Å². The Bertz CT molecular complexity index is 1180. The van der Waals surface area contributed by atoms with Crippen LogP contribution in [0.2, 0.25) is 5.02 Å². The van der Waals surface area contributed by atoms with Gasteiger partial charge in [-0.3, -0.25) is 4.79 Å². The van der Waals surface area contributed by atoms with Crippen LogP contribution in [0.5, 0.6) is 5.75 Å². The van der Waals surface area contributed by atoms with Crippen LogP contribution in [0.3, 0.4) is 0 Å². The maximum Gasteiger partial charge on any atom is 0.417 e. The third-order valence-electron chi connectivity index (χ3n) is 4.58. The van der Waals surface area contributed by atoms with E-state index in [2.05, 4.69) is 10.2 Å². The van der Waals surface area contributed by atoms with E-state index in [9.17, 15) is 26.7 Å². The van der Waals surface area contributed by atoms with E-state index in [4.69, 9.17) is 22.1 Å². The minimum absolute atomic E-state index is 0.0200. The number of hydrogen-bond donors (Lipinski definition) is 1. The number of hydrogen-bond acceptors (Lipinski definition) is 4. The lowest BCUT2D eigenvalue weighted by Gasteiger charge is -2.26. The number of alkyl halides is 3. The van der Waals surface area contributed by atoms with Crippen molar-refractivity contribution in [1.82, 2.24) is 14.8 Å². The molecule has 0 atom stereocenters. The molecule has 0 spiro atoms. The molecular formula is C20H16ClF5N4O2. The summed E-state index contributed by atoms with van der Waals surface area (Å²) in [6.07, 6.45) is -4.82. The van der Waals surface area contributed by atoms with E-state index < -0.39 is 40.6 Å². The maximum atomic E-state index is 14.2. The lowest BCUT2D eigenvalue weighted by atomic mass is 10.0. The van der Waals surface area contributed by atoms with Gasteiger partial charge in [-0.1, -0.05) is 11.6 Å². The Balaban J connectivity index is 2.08. The third-order valence-corrected chi connectivity index (χ3v) is 4.80. The van der Waals surface area contributed by atoms with Gasteiger partial charge in [0, 0.05) is 23.2 Å². The molecule has 0 aliphatic carbocycles. The number of primary amides is 1. The molecule has 0 aliphatic heterocycles. The van der Waals surface area contributed by atoms with Crippen LogP contribution in [0.4, 0.5) is 22.0 Å². The number of carbonyl (C=O) groups excluding carboxylic acids is 1. The number of benzene rings is 2. The number of amides is 1. The van der Waals surface area contributed by atoms with Gasteiger partial charge in [0.25, 0.3) is 0 Å². The third kappa shape index (κ3) is 4.38. The standard InChI is InChI=1S/C20H16ClF5N4O2/c1-19(2,32-15-13(22)7-10(21)8-14(15)23)18-29-28-17(30(18)3)11-5-4-9(16(27)31)6-12(11)20(24,25)26/h4-8H,1-3H3,(H2,27,31). The first-order valence-electron chi connectivity index (χ1n) is 8.97. The molecular weight excluding hydrogens is 459 g/mol. The average Bonchev–Trinajstić information content (AvgIpc) is 3.05. The van der Waals surface area contributed by atoms with Crippen molar-refractivity contribution >= 4 is 17.5 Å². The maximum absolute atomic E-state index is 14.2. The molecule has 6 nitrogen and oxygen atoms in total. The van der Waals surface area contributed by atoms with Gasteiger partial charge < -0.3 is 15.0 Å². The fraction of sp³-hybridized carbons (Fsp3) is 0.250. The number of halogens is 6. The highest BCUT2D eigenvalue weighted by molar-refractivity contribution is 6.30. The van der Waals surface area contributed by atoms with E-state index in [-0.39, 0.29) is 27.8 Å². The van der Waals surface area contributed by atoms with Gasteiger partial charge in [-0.2, -0.15) is 13.2 Å². The predicted molar refractivity (Wildman–Crippen MR) is 105 cm³/mol. The molecule has 0 unspecified atom stereocenters. The number of nitrogens with two attached hydrogens (primary N) is 1. The molecule has 0 aliphatic rings. The highest BCUT2D eigenvalue weighted by Gasteiger charge is 2.37. The van der Waals surface area contributed by atoms with E-state index in [1.54, 1.807) is 0 Å². The summed E-state index contributed by atoms with van der Waals surface area (Å²) in [5.41, 5.74) is 1.72. The highest BCUT2D eigenvalue weighted by atomic mass is 35.5. The van der Waals surface area contributed by atoms with Crippen molar-refractivity contribution in [2.75, 3.05) is 0 Å². The molecule has 0 bridgehead atoms. The Morgan fingerprint density at radius 3 is 2.22 bits per heavy atom. The van der Waals surface area contributed by atoms with Crippen LogP contribution in [0.1, 0.15) is 35.6 Å². The second-order valence-corrected chi connectivity index (χ2v) is 7.78. The smallest absolute Gasteiger partial charge is 0.417 e. The second kappa shape index (κ2) is 8.05. The molecule has 0 saturated carbocycles. The van der Waals surface area contributed by atoms with Crippen molar-refractivity contribution < 1.29 is 31.5 Å². The monoisotopic (exact) mass is 474 g/mol. The Morgan fingerprint density at radius 2 is 1.69 bits per heavy atom. The minimum atomic E-state index is -4.82. The molecule has 1 aromatic heterocycles. The van der Waals surface area contributed by atoms with Gasteiger partial charge in [0.2, 0.25) is 5.91 Å². The lowest BCUT2D eigenvalue weighted by Crippen LogP contribution is -2.30. The van der Waals surface area contributed by atoms with E-state index in [1.807, 2.05) is 0 Å². The van der Waals surface area contributed by atoms with E-state index >= 15 is 0 Å². The summed E-state index contributed by atoms with van der Waals surface area (Å²) in [5, 5.41) is 7.51. The molecule has 170 valence electrons. The van der Waals surface area contributed by atoms with Crippen LogP contribution in [0, 0.1) is 11.6 Å². The predicted octanol–water partition coefficient (Wildman–Crippen LogP) is 4.85. The Hall–Kier alpha value is -3.21. The van der Waals surface area contributed by atoms with Gasteiger partial charge >= 0.3 is 6.18 Å². The van der Waals surface area contributed by atoms with Crippen molar-refractivity contribution in [3.05, 3.63) is 63.9 Å². The molecule has 2 N–H and O–H groups in total. The first-order valence-corrected chi connectivity index (χ1v) is 9.35. The Morgan fingerprint density at radius 1 is 1.09 bits per heavy atom. The summed E-state index contributed by atoms with van der Waals surface area (Å²) < 4.78 is 75.9. The normalized spacial score (nSPS) is 12.2. The van der Waals surface area contributed by atoms with Gasteiger partial charge in [-0.05, 0) is 44.2 Å². The summed E-state index contributed by atoms with van der Waals surface area (Å²) in [4.78, 5) is 11.3. The van der Waals surface area contributed by atoms with Crippen LogP contribution in [-0.2, 0) is 18.8 Å². The molecule has 3 rings (SSSR count). The molecule has 12 heteroatoms. The molecule has 3 aromatic rings. The van der Waals surface area contributed by atoms with Gasteiger partial charge in [-0.15, -0.1) is 10.2 Å². The molecule has 0 radical (unpaired) electrons. The van der Waals surface area contributed by atoms with Crippen molar-refractivity contribution in [3.8, 4) is 17.1 Å². The summed E-state index contributed by atoms with van der Waals surface area (Å²) in [6.45, 7) is 2.82. The number of rotatable bonds is 5. The zero-order valence-electron chi connectivity index (χ0n) is 16.9. The first kappa shape index (κ1) is 23.5. The van der Waals surface area contributed by atoms with Crippen LogP contribution in [0.15, 0.2) is 30.3 Å². The molecule has 32 heavy (non-hydrogen) atoms. The Labute approximate surface area is 183 Å². The molecule has 0 fully saturated rings. The zero-order chi connectivity index (χ0) is 24.0. The topological polar surface area (TPSA) is 83.0 Å². The van der Waals surface area contributed by atoms with Gasteiger partial charge in [-0.25, -0.2) is 8.78 Å². The summed E-state index contributed by atoms with van der Waals surface area (Å²) in [7, 11) is 1.37. The largest absolute Gasteiger partial charge is 0.474 e. The molecule has 0 saturated heterocycles. The van der Waals surface area contributed by atoms with Crippen LogP contribution in [0.25, 0.3) is 11.4 Å².